The molecular formula is C16H24N2O. The van der Waals surface area contributed by atoms with Crippen LogP contribution in [0.5, 0.6) is 0 Å². The molecule has 104 valence electrons. The Morgan fingerprint density at radius 2 is 1.89 bits per heavy atom. The highest BCUT2D eigenvalue weighted by Crippen LogP contribution is 2.38. The van der Waals surface area contributed by atoms with Gasteiger partial charge in [0.2, 0.25) is 5.91 Å². The summed E-state index contributed by atoms with van der Waals surface area (Å²) in [6.45, 7) is 4.47. The van der Waals surface area contributed by atoms with Gasteiger partial charge in [0.15, 0.2) is 0 Å². The van der Waals surface area contributed by atoms with E-state index < -0.39 is 5.54 Å². The Morgan fingerprint density at radius 3 is 2.42 bits per heavy atom. The molecule has 19 heavy (non-hydrogen) atoms. The average molecular weight is 260 g/mol. The quantitative estimate of drug-likeness (QED) is 0.874. The van der Waals surface area contributed by atoms with Gasteiger partial charge >= 0.3 is 0 Å². The molecule has 1 fully saturated rings. The third kappa shape index (κ3) is 2.81. The van der Waals surface area contributed by atoms with Crippen LogP contribution < -0.4 is 11.1 Å². The molecular weight excluding hydrogens is 236 g/mol. The minimum atomic E-state index is -0.482. The van der Waals surface area contributed by atoms with Crippen molar-refractivity contribution in [2.75, 3.05) is 6.54 Å². The second-order valence-corrected chi connectivity index (χ2v) is 6.12. The summed E-state index contributed by atoms with van der Waals surface area (Å²) in [6, 6.07) is 9.97. The van der Waals surface area contributed by atoms with Crippen LogP contribution in [0, 0.1) is 5.41 Å². The first-order valence-corrected chi connectivity index (χ1v) is 7.08. The lowest BCUT2D eigenvalue weighted by atomic mass is 9.84. The van der Waals surface area contributed by atoms with Crippen molar-refractivity contribution in [2.24, 2.45) is 11.1 Å². The number of benzene rings is 1. The maximum absolute atomic E-state index is 12.5. The largest absolute Gasteiger partial charge is 0.345 e. The van der Waals surface area contributed by atoms with Gasteiger partial charge in [-0.1, -0.05) is 50.1 Å². The standard InChI is InChI=1S/C16H24N2O/c1-15(10-6-7-11-15)14(19)18-16(2,12-17)13-8-4-3-5-9-13/h3-5,8-9H,6-7,10-12,17H2,1-2H3,(H,18,19). The highest BCUT2D eigenvalue weighted by Gasteiger charge is 2.39. The Bertz CT molecular complexity index is 437. The summed E-state index contributed by atoms with van der Waals surface area (Å²) in [5, 5.41) is 3.18. The molecule has 0 aromatic heterocycles. The summed E-state index contributed by atoms with van der Waals surface area (Å²) in [5.41, 5.74) is 6.28. The van der Waals surface area contributed by atoms with Crippen molar-refractivity contribution in [1.29, 1.82) is 0 Å². The molecule has 1 unspecified atom stereocenters. The maximum atomic E-state index is 12.5. The number of carbonyl (C=O) groups is 1. The predicted octanol–water partition coefficient (Wildman–Crippen LogP) is 2.56. The minimum absolute atomic E-state index is 0.141. The van der Waals surface area contributed by atoms with Crippen LogP contribution in [0.15, 0.2) is 30.3 Å². The summed E-state index contributed by atoms with van der Waals surface area (Å²) in [6.07, 6.45) is 4.26. The van der Waals surface area contributed by atoms with E-state index in [1.165, 1.54) is 0 Å². The summed E-state index contributed by atoms with van der Waals surface area (Å²) in [7, 11) is 0. The van der Waals surface area contributed by atoms with E-state index in [2.05, 4.69) is 12.2 Å². The van der Waals surface area contributed by atoms with Crippen LogP contribution in [-0.4, -0.2) is 12.5 Å². The molecule has 0 spiro atoms. The lowest BCUT2D eigenvalue weighted by Gasteiger charge is -2.34. The lowest BCUT2D eigenvalue weighted by Crippen LogP contribution is -2.52. The lowest BCUT2D eigenvalue weighted by molar-refractivity contribution is -0.131. The van der Waals surface area contributed by atoms with Gasteiger partial charge < -0.3 is 11.1 Å². The van der Waals surface area contributed by atoms with E-state index >= 15 is 0 Å². The SMILES string of the molecule is CC1(C(=O)NC(C)(CN)c2ccccc2)CCCC1. The Labute approximate surface area is 115 Å². The Balaban J connectivity index is 2.17. The molecule has 3 nitrogen and oxygen atoms in total. The zero-order valence-electron chi connectivity index (χ0n) is 11.9. The molecule has 2 rings (SSSR count). The van der Waals surface area contributed by atoms with E-state index in [9.17, 15) is 4.79 Å². The number of rotatable bonds is 4. The first-order chi connectivity index (χ1) is 9.00. The Morgan fingerprint density at radius 1 is 1.32 bits per heavy atom. The third-order valence-electron chi connectivity index (χ3n) is 4.46. The Hall–Kier alpha value is -1.35. The van der Waals surface area contributed by atoms with Gasteiger partial charge in [0.05, 0.1) is 5.54 Å². The second kappa shape index (κ2) is 5.33. The van der Waals surface area contributed by atoms with Crippen molar-refractivity contribution < 1.29 is 4.79 Å². The smallest absolute Gasteiger partial charge is 0.226 e. The van der Waals surface area contributed by atoms with E-state index in [1.54, 1.807) is 0 Å². The Kier molecular flexibility index (Phi) is 3.95. The van der Waals surface area contributed by atoms with Gasteiger partial charge in [-0.15, -0.1) is 0 Å². The van der Waals surface area contributed by atoms with Crippen LogP contribution >= 0.6 is 0 Å². The van der Waals surface area contributed by atoms with Crippen molar-refractivity contribution in [2.45, 2.75) is 45.1 Å². The topological polar surface area (TPSA) is 55.1 Å². The highest BCUT2D eigenvalue weighted by molar-refractivity contribution is 5.83. The van der Waals surface area contributed by atoms with Gasteiger partial charge in [-0.2, -0.15) is 0 Å². The van der Waals surface area contributed by atoms with Crippen LogP contribution in [0.1, 0.15) is 45.1 Å². The number of hydrogen-bond donors (Lipinski definition) is 2. The normalized spacial score (nSPS) is 20.8. The fourth-order valence-corrected chi connectivity index (χ4v) is 2.83. The first kappa shape index (κ1) is 14.1. The number of amides is 1. The second-order valence-electron chi connectivity index (χ2n) is 6.12. The summed E-state index contributed by atoms with van der Waals surface area (Å²) in [4.78, 5) is 12.5. The molecule has 1 amide bonds. The van der Waals surface area contributed by atoms with E-state index in [0.29, 0.717) is 6.54 Å². The third-order valence-corrected chi connectivity index (χ3v) is 4.46. The van der Waals surface area contributed by atoms with Crippen LogP contribution in [0.25, 0.3) is 0 Å². The molecule has 0 aliphatic heterocycles. The van der Waals surface area contributed by atoms with Crippen LogP contribution in [0.3, 0.4) is 0 Å². The molecule has 1 atom stereocenters. The molecule has 0 heterocycles. The fourth-order valence-electron chi connectivity index (χ4n) is 2.83. The number of hydrogen-bond acceptors (Lipinski definition) is 2. The zero-order chi connectivity index (χ0) is 13.9. The summed E-state index contributed by atoms with van der Waals surface area (Å²) in [5.74, 6) is 0.141. The van der Waals surface area contributed by atoms with Crippen LogP contribution in [-0.2, 0) is 10.3 Å². The van der Waals surface area contributed by atoms with Gasteiger partial charge in [0.25, 0.3) is 0 Å². The van der Waals surface area contributed by atoms with Gasteiger partial charge in [-0.3, -0.25) is 4.79 Å². The van der Waals surface area contributed by atoms with Crippen molar-refractivity contribution in [1.82, 2.24) is 5.32 Å². The maximum Gasteiger partial charge on any atom is 0.226 e. The highest BCUT2D eigenvalue weighted by atomic mass is 16.2. The molecule has 1 saturated carbocycles. The molecule has 0 saturated heterocycles. The molecule has 0 radical (unpaired) electrons. The van der Waals surface area contributed by atoms with Crippen LogP contribution in [0.2, 0.25) is 0 Å². The van der Waals surface area contributed by atoms with Gasteiger partial charge in [0, 0.05) is 12.0 Å². The number of nitrogens with two attached hydrogens (primary N) is 1. The van der Waals surface area contributed by atoms with Crippen molar-refractivity contribution in [3.63, 3.8) is 0 Å². The van der Waals surface area contributed by atoms with Crippen LogP contribution in [0.4, 0.5) is 0 Å². The van der Waals surface area contributed by atoms with E-state index in [-0.39, 0.29) is 11.3 Å². The molecule has 3 heteroatoms. The predicted molar refractivity (Wildman–Crippen MR) is 77.6 cm³/mol. The van der Waals surface area contributed by atoms with Gasteiger partial charge in [-0.25, -0.2) is 0 Å². The monoisotopic (exact) mass is 260 g/mol. The fraction of sp³-hybridized carbons (Fsp3) is 0.562. The number of nitrogens with one attached hydrogen (secondary N) is 1. The molecule has 1 aliphatic rings. The van der Waals surface area contributed by atoms with E-state index in [4.69, 9.17) is 5.73 Å². The van der Waals surface area contributed by atoms with Crippen molar-refractivity contribution >= 4 is 5.91 Å². The van der Waals surface area contributed by atoms with Gasteiger partial charge in [0.1, 0.15) is 0 Å². The first-order valence-electron chi connectivity index (χ1n) is 7.08. The molecule has 3 N–H and O–H groups in total. The zero-order valence-corrected chi connectivity index (χ0v) is 11.9. The molecule has 0 bridgehead atoms. The van der Waals surface area contributed by atoms with Crippen molar-refractivity contribution in [3.05, 3.63) is 35.9 Å². The van der Waals surface area contributed by atoms with E-state index in [1.807, 2.05) is 37.3 Å². The molecule has 1 aromatic rings. The van der Waals surface area contributed by atoms with E-state index in [0.717, 1.165) is 31.2 Å². The molecule has 1 aromatic carbocycles. The van der Waals surface area contributed by atoms with Crippen molar-refractivity contribution in [3.8, 4) is 0 Å². The average Bonchev–Trinajstić information content (AvgIpc) is 2.88. The number of carbonyl (C=O) groups excluding carboxylic acids is 1. The minimum Gasteiger partial charge on any atom is -0.345 e. The summed E-state index contributed by atoms with van der Waals surface area (Å²) < 4.78 is 0. The molecule has 1 aliphatic carbocycles. The van der Waals surface area contributed by atoms with Gasteiger partial charge in [-0.05, 0) is 25.3 Å². The summed E-state index contributed by atoms with van der Waals surface area (Å²) >= 11 is 0.